The Labute approximate surface area is 177 Å². The van der Waals surface area contributed by atoms with Gasteiger partial charge in [0.2, 0.25) is 5.91 Å². The molecular formula is C18H20N6O4S2. The van der Waals surface area contributed by atoms with E-state index in [9.17, 15) is 18.0 Å². The molecule has 1 aliphatic rings. The van der Waals surface area contributed by atoms with Gasteiger partial charge in [0.15, 0.2) is 5.13 Å². The minimum atomic E-state index is -3.51. The number of fused-ring (bicyclic) bond motifs is 2. The van der Waals surface area contributed by atoms with Gasteiger partial charge in [0, 0.05) is 31.9 Å². The minimum absolute atomic E-state index is 0.192. The topological polar surface area (TPSA) is 118 Å². The summed E-state index contributed by atoms with van der Waals surface area (Å²) in [6, 6.07) is 6.94. The van der Waals surface area contributed by atoms with Gasteiger partial charge in [-0.25, -0.2) is 9.97 Å². The Balaban J connectivity index is 1.48. The normalized spacial score (nSPS) is 14.8. The van der Waals surface area contributed by atoms with Crippen LogP contribution in [-0.4, -0.2) is 58.1 Å². The van der Waals surface area contributed by atoms with Crippen LogP contribution in [0.2, 0.25) is 0 Å². The predicted molar refractivity (Wildman–Crippen MR) is 113 cm³/mol. The molecular weight excluding hydrogens is 428 g/mol. The van der Waals surface area contributed by atoms with Gasteiger partial charge in [-0.05, 0) is 12.1 Å². The molecule has 0 aliphatic carbocycles. The van der Waals surface area contributed by atoms with E-state index < -0.39 is 16.1 Å². The van der Waals surface area contributed by atoms with E-state index in [4.69, 9.17) is 0 Å². The Hall–Kier alpha value is -2.67. The van der Waals surface area contributed by atoms with Gasteiger partial charge >= 0.3 is 0 Å². The number of nitrogens with one attached hydrogen (secondary N) is 1. The van der Waals surface area contributed by atoms with Gasteiger partial charge in [0.25, 0.3) is 15.8 Å². The summed E-state index contributed by atoms with van der Waals surface area (Å²) in [6.45, 7) is 0.363. The summed E-state index contributed by atoms with van der Waals surface area (Å²) in [5, 5.41) is 3.53. The highest BCUT2D eigenvalue weighted by atomic mass is 32.2. The second kappa shape index (κ2) is 7.87. The van der Waals surface area contributed by atoms with E-state index in [1.165, 1.54) is 44.9 Å². The average molecular weight is 449 g/mol. The number of aromatic nitrogens is 3. The van der Waals surface area contributed by atoms with Gasteiger partial charge < -0.3 is 5.32 Å². The van der Waals surface area contributed by atoms with Crippen LogP contribution in [0.25, 0.3) is 10.9 Å². The lowest BCUT2D eigenvalue weighted by Crippen LogP contribution is -2.42. The third kappa shape index (κ3) is 3.86. The van der Waals surface area contributed by atoms with Gasteiger partial charge in [0.05, 0.1) is 29.5 Å². The number of amides is 1. The third-order valence-electron chi connectivity index (χ3n) is 4.78. The first-order valence-corrected chi connectivity index (χ1v) is 11.4. The SMILES string of the molecule is CN(C)S(=O)(=O)N1CCc2nc(NC(=O)Cn3cnc4ccccc4c3=O)sc2C1. The zero-order valence-corrected chi connectivity index (χ0v) is 18.0. The summed E-state index contributed by atoms with van der Waals surface area (Å²) < 4.78 is 28.5. The fourth-order valence-corrected chi connectivity index (χ4v) is 5.38. The fraction of sp³-hybridized carbons (Fsp3) is 0.333. The van der Waals surface area contributed by atoms with E-state index in [0.29, 0.717) is 29.0 Å². The highest BCUT2D eigenvalue weighted by Gasteiger charge is 2.30. The molecule has 1 amide bonds. The number of hydrogen-bond acceptors (Lipinski definition) is 7. The third-order valence-corrected chi connectivity index (χ3v) is 7.66. The summed E-state index contributed by atoms with van der Waals surface area (Å²) in [6.07, 6.45) is 1.82. The van der Waals surface area contributed by atoms with Crippen molar-refractivity contribution in [3.8, 4) is 0 Å². The molecule has 1 aromatic carbocycles. The molecule has 2 aromatic heterocycles. The molecule has 0 atom stereocenters. The van der Waals surface area contributed by atoms with E-state index in [1.54, 1.807) is 24.3 Å². The molecule has 158 valence electrons. The summed E-state index contributed by atoms with van der Waals surface area (Å²) in [5.41, 5.74) is 1.06. The lowest BCUT2D eigenvalue weighted by Gasteiger charge is -2.27. The maximum absolute atomic E-state index is 12.5. The van der Waals surface area contributed by atoms with E-state index in [-0.39, 0.29) is 18.6 Å². The first-order chi connectivity index (χ1) is 14.3. The number of nitrogens with zero attached hydrogens (tertiary/aromatic N) is 5. The van der Waals surface area contributed by atoms with Crippen molar-refractivity contribution in [2.24, 2.45) is 0 Å². The smallest absolute Gasteiger partial charge is 0.281 e. The summed E-state index contributed by atoms with van der Waals surface area (Å²) in [4.78, 5) is 34.4. The molecule has 1 N–H and O–H groups in total. The number of anilines is 1. The maximum atomic E-state index is 12.5. The Morgan fingerprint density at radius 3 is 2.83 bits per heavy atom. The molecule has 3 aromatic rings. The fourth-order valence-electron chi connectivity index (χ4n) is 3.19. The number of carbonyl (C=O) groups is 1. The van der Waals surface area contributed by atoms with Crippen LogP contribution >= 0.6 is 11.3 Å². The van der Waals surface area contributed by atoms with Gasteiger partial charge in [-0.15, -0.1) is 11.3 Å². The van der Waals surface area contributed by atoms with Crippen molar-refractivity contribution in [1.82, 2.24) is 23.1 Å². The van der Waals surface area contributed by atoms with E-state index in [1.807, 2.05) is 0 Å². The van der Waals surface area contributed by atoms with Crippen LogP contribution in [0, 0.1) is 0 Å². The lowest BCUT2D eigenvalue weighted by molar-refractivity contribution is -0.116. The Bertz CT molecular complexity index is 1280. The quantitative estimate of drug-likeness (QED) is 0.613. The van der Waals surface area contributed by atoms with Crippen molar-refractivity contribution < 1.29 is 13.2 Å². The Morgan fingerprint density at radius 1 is 1.30 bits per heavy atom. The zero-order valence-electron chi connectivity index (χ0n) is 16.4. The van der Waals surface area contributed by atoms with Gasteiger partial charge in [-0.1, -0.05) is 12.1 Å². The average Bonchev–Trinajstić information content (AvgIpc) is 3.11. The monoisotopic (exact) mass is 448 g/mol. The zero-order chi connectivity index (χ0) is 21.5. The minimum Gasteiger partial charge on any atom is -0.300 e. The standard InChI is InChI=1S/C18H20N6O4S2/c1-22(2)30(27,28)24-8-7-14-15(9-24)29-18(20-14)21-16(25)10-23-11-19-13-6-4-3-5-12(13)17(23)26/h3-6,11H,7-10H2,1-2H3,(H,20,21,25). The molecule has 0 spiro atoms. The van der Waals surface area contributed by atoms with Gasteiger partial charge in [0.1, 0.15) is 6.54 Å². The van der Waals surface area contributed by atoms with E-state index in [2.05, 4.69) is 15.3 Å². The summed E-state index contributed by atoms with van der Waals surface area (Å²) >= 11 is 1.24. The van der Waals surface area contributed by atoms with Crippen molar-refractivity contribution in [3.05, 3.63) is 51.5 Å². The van der Waals surface area contributed by atoms with Crippen molar-refractivity contribution in [2.45, 2.75) is 19.5 Å². The lowest BCUT2D eigenvalue weighted by atomic mass is 10.2. The summed E-state index contributed by atoms with van der Waals surface area (Å²) in [5.74, 6) is -0.405. The second-order valence-corrected chi connectivity index (χ2v) is 10.2. The number of para-hydroxylation sites is 1. The largest absolute Gasteiger partial charge is 0.300 e. The molecule has 3 heterocycles. The van der Waals surface area contributed by atoms with Crippen LogP contribution in [-0.2, 0) is 34.5 Å². The molecule has 0 saturated carbocycles. The van der Waals surface area contributed by atoms with E-state index in [0.717, 1.165) is 10.6 Å². The molecule has 1 aliphatic heterocycles. The van der Waals surface area contributed by atoms with Crippen molar-refractivity contribution in [3.63, 3.8) is 0 Å². The molecule has 10 nitrogen and oxygen atoms in total. The van der Waals surface area contributed by atoms with Crippen LogP contribution in [0.1, 0.15) is 10.6 Å². The first kappa shape index (κ1) is 20.6. The molecule has 0 unspecified atom stereocenters. The maximum Gasteiger partial charge on any atom is 0.281 e. The van der Waals surface area contributed by atoms with Crippen LogP contribution in [0.15, 0.2) is 35.4 Å². The van der Waals surface area contributed by atoms with Gasteiger partial charge in [-0.3, -0.25) is 14.2 Å². The highest BCUT2D eigenvalue weighted by molar-refractivity contribution is 7.86. The molecule has 30 heavy (non-hydrogen) atoms. The van der Waals surface area contributed by atoms with E-state index >= 15 is 0 Å². The van der Waals surface area contributed by atoms with Crippen LogP contribution in [0.3, 0.4) is 0 Å². The second-order valence-electron chi connectivity index (χ2n) is 7.01. The summed E-state index contributed by atoms with van der Waals surface area (Å²) in [7, 11) is -0.521. The van der Waals surface area contributed by atoms with Crippen LogP contribution in [0.5, 0.6) is 0 Å². The van der Waals surface area contributed by atoms with Crippen LogP contribution in [0.4, 0.5) is 5.13 Å². The highest BCUT2D eigenvalue weighted by Crippen LogP contribution is 2.29. The number of rotatable bonds is 5. The Morgan fingerprint density at radius 2 is 2.07 bits per heavy atom. The number of thiazole rings is 1. The number of benzene rings is 1. The first-order valence-electron chi connectivity index (χ1n) is 9.16. The number of hydrogen-bond donors (Lipinski definition) is 1. The van der Waals surface area contributed by atoms with Gasteiger partial charge in [-0.2, -0.15) is 17.0 Å². The molecule has 0 radical (unpaired) electrons. The number of carbonyl (C=O) groups excluding carboxylic acids is 1. The molecule has 4 rings (SSSR count). The molecule has 0 bridgehead atoms. The van der Waals surface area contributed by atoms with Crippen molar-refractivity contribution in [2.75, 3.05) is 26.0 Å². The van der Waals surface area contributed by atoms with Crippen molar-refractivity contribution in [1.29, 1.82) is 0 Å². The molecule has 0 fully saturated rings. The Kier molecular flexibility index (Phi) is 5.40. The molecule has 12 heteroatoms. The predicted octanol–water partition coefficient (Wildman–Crippen LogP) is 0.656. The van der Waals surface area contributed by atoms with Crippen LogP contribution < -0.4 is 10.9 Å². The molecule has 0 saturated heterocycles. The van der Waals surface area contributed by atoms with Crippen molar-refractivity contribution >= 4 is 43.5 Å².